The highest BCUT2D eigenvalue weighted by Crippen LogP contribution is 2.59. The number of amides is 2. The van der Waals surface area contributed by atoms with E-state index in [0.717, 1.165) is 25.5 Å². The molecule has 18 heteroatoms. The van der Waals surface area contributed by atoms with E-state index < -0.39 is 33.6 Å². The smallest absolute Gasteiger partial charge is 0.407 e. The zero-order chi connectivity index (χ0) is 35.6. The minimum absolute atomic E-state index is 0.0770. The molecule has 2 amide bonds. The summed E-state index contributed by atoms with van der Waals surface area (Å²) in [6.45, 7) is 4.53. The number of carbonyl (C=O) groups is 2. The van der Waals surface area contributed by atoms with Crippen molar-refractivity contribution in [1.29, 1.82) is 0 Å². The van der Waals surface area contributed by atoms with Gasteiger partial charge in [-0.1, -0.05) is 11.6 Å². The van der Waals surface area contributed by atoms with Gasteiger partial charge in [-0.05, 0) is 82.9 Å². The Balaban J connectivity index is 1.08. The Hall–Kier alpha value is -4.12. The summed E-state index contributed by atoms with van der Waals surface area (Å²) in [6.07, 6.45) is 0.501. The summed E-state index contributed by atoms with van der Waals surface area (Å²) >= 11 is 6.20. The molecule has 2 aliphatic rings. The summed E-state index contributed by atoms with van der Waals surface area (Å²) in [5, 5.41) is 13.2. The third-order valence-electron chi connectivity index (χ3n) is 8.86. The number of nitrogens with one attached hydrogen (secondary N) is 1. The average molecular weight is 729 g/mol. The summed E-state index contributed by atoms with van der Waals surface area (Å²) in [5.41, 5.74) is -2.30. The van der Waals surface area contributed by atoms with Crippen molar-refractivity contribution in [2.75, 3.05) is 19.8 Å². The predicted octanol–water partition coefficient (Wildman–Crippen LogP) is 5.87. The van der Waals surface area contributed by atoms with Gasteiger partial charge in [-0.3, -0.25) is 4.79 Å². The first kappa shape index (κ1) is 36.2. The molecule has 0 spiro atoms. The number of aromatic nitrogens is 4. The maximum Gasteiger partial charge on any atom is 0.407 e. The van der Waals surface area contributed by atoms with Crippen molar-refractivity contribution in [3.8, 4) is 17.6 Å². The average Bonchev–Trinajstić information content (AvgIpc) is 3.56. The quantitative estimate of drug-likeness (QED) is 0.151. The molecular weight excluding hydrogens is 693 g/mol. The van der Waals surface area contributed by atoms with Gasteiger partial charge < -0.3 is 19.5 Å². The lowest BCUT2D eigenvalue weighted by atomic mass is 9.93. The molecule has 1 saturated heterocycles. The highest BCUT2D eigenvalue weighted by Gasteiger charge is 2.62. The monoisotopic (exact) mass is 728 g/mol. The van der Waals surface area contributed by atoms with E-state index in [1.165, 1.54) is 46.1 Å². The lowest BCUT2D eigenvalue weighted by molar-refractivity contribution is -0.190. The lowest BCUT2D eigenvalue weighted by Crippen LogP contribution is -2.41. The Kier molecular flexibility index (Phi) is 10.3. The van der Waals surface area contributed by atoms with Gasteiger partial charge in [0.05, 0.1) is 30.4 Å². The van der Waals surface area contributed by atoms with E-state index in [2.05, 4.69) is 15.1 Å². The van der Waals surface area contributed by atoms with E-state index in [4.69, 9.17) is 21.1 Å². The minimum Gasteiger partial charge on any atom is -0.478 e. The van der Waals surface area contributed by atoms with Crippen LogP contribution >= 0.6 is 11.6 Å². The maximum absolute atomic E-state index is 13.1. The molecule has 0 aromatic carbocycles. The lowest BCUT2D eigenvalue weighted by Gasteiger charge is -2.28. The van der Waals surface area contributed by atoms with Crippen molar-refractivity contribution in [3.05, 3.63) is 53.4 Å². The number of carboxylic acid groups (broad SMARTS) is 1. The van der Waals surface area contributed by atoms with Crippen LogP contribution in [-0.2, 0) is 10.0 Å². The van der Waals surface area contributed by atoms with Crippen molar-refractivity contribution in [2.45, 2.75) is 75.4 Å². The Labute approximate surface area is 285 Å². The molecule has 4 heterocycles. The van der Waals surface area contributed by atoms with Crippen LogP contribution in [0.2, 0.25) is 5.15 Å². The van der Waals surface area contributed by atoms with E-state index in [0.29, 0.717) is 19.6 Å². The second-order valence-corrected chi connectivity index (χ2v) is 14.9. The molecule has 3 aromatic heterocycles. The van der Waals surface area contributed by atoms with E-state index in [1.54, 1.807) is 0 Å². The molecule has 1 aliphatic heterocycles. The number of rotatable bonds is 14. The molecule has 1 saturated carbocycles. The second kappa shape index (κ2) is 14.0. The first-order valence-electron chi connectivity index (χ1n) is 15.6. The molecule has 49 heavy (non-hydrogen) atoms. The van der Waals surface area contributed by atoms with Crippen molar-refractivity contribution in [2.24, 2.45) is 11.3 Å². The Morgan fingerprint density at radius 3 is 2.43 bits per heavy atom. The molecule has 5 rings (SSSR count). The molecule has 1 aliphatic carbocycles. The molecule has 2 fully saturated rings. The number of carbonyl (C=O) groups excluding carboxylic acids is 1. The maximum atomic E-state index is 13.1. The summed E-state index contributed by atoms with van der Waals surface area (Å²) in [6, 6.07) is 6.67. The van der Waals surface area contributed by atoms with Gasteiger partial charge in [0.2, 0.25) is 11.8 Å². The number of sulfonamides is 1. The van der Waals surface area contributed by atoms with Crippen LogP contribution in [0.4, 0.5) is 18.0 Å². The standard InChI is InChI=1S/C31H36ClF3N6O7S/c1-29(2)17-20(19-40(29)28(43)44)5-3-4-15-47-24-9-6-21(18-36-24)49(45,46)39-27(42)22-7-8-23(37-26(22)32)41-14-10-25(38-41)48-16-13-30(11-12-30)31(33,34)35/h6-10,14,18,20H,3-5,11-13,15-17,19H2,1-2H3,(H,39,42)(H,43,44). The summed E-state index contributed by atoms with van der Waals surface area (Å²) in [4.78, 5) is 33.6. The number of likely N-dealkylation sites (tertiary alicyclic amines) is 1. The van der Waals surface area contributed by atoms with Crippen LogP contribution in [0.15, 0.2) is 47.6 Å². The zero-order valence-corrected chi connectivity index (χ0v) is 28.3. The highest BCUT2D eigenvalue weighted by molar-refractivity contribution is 7.90. The van der Waals surface area contributed by atoms with Crippen LogP contribution < -0.4 is 14.2 Å². The molecule has 13 nitrogen and oxygen atoms in total. The number of alkyl halides is 3. The van der Waals surface area contributed by atoms with Gasteiger partial charge in [-0.2, -0.15) is 13.2 Å². The minimum atomic E-state index is -4.34. The molecule has 0 bridgehead atoms. The van der Waals surface area contributed by atoms with Crippen molar-refractivity contribution >= 4 is 33.6 Å². The van der Waals surface area contributed by atoms with Crippen LogP contribution in [0.5, 0.6) is 11.8 Å². The van der Waals surface area contributed by atoms with Gasteiger partial charge in [0.1, 0.15) is 10.0 Å². The van der Waals surface area contributed by atoms with Crippen LogP contribution in [-0.4, -0.2) is 81.6 Å². The van der Waals surface area contributed by atoms with Crippen LogP contribution in [0.3, 0.4) is 0 Å². The van der Waals surface area contributed by atoms with E-state index >= 15 is 0 Å². The topological polar surface area (TPSA) is 166 Å². The molecule has 266 valence electrons. The van der Waals surface area contributed by atoms with E-state index in [1.807, 2.05) is 18.6 Å². The Bertz CT molecular complexity index is 1780. The largest absolute Gasteiger partial charge is 0.478 e. The first-order valence-corrected chi connectivity index (χ1v) is 17.4. The highest BCUT2D eigenvalue weighted by atomic mass is 35.5. The third-order valence-corrected chi connectivity index (χ3v) is 10.5. The molecule has 0 radical (unpaired) electrons. The second-order valence-electron chi connectivity index (χ2n) is 12.9. The summed E-state index contributed by atoms with van der Waals surface area (Å²) < 4.78 is 79.3. The van der Waals surface area contributed by atoms with Gasteiger partial charge >= 0.3 is 12.3 Å². The van der Waals surface area contributed by atoms with Gasteiger partial charge in [-0.25, -0.2) is 32.6 Å². The van der Waals surface area contributed by atoms with Gasteiger partial charge in [0.15, 0.2) is 5.82 Å². The van der Waals surface area contributed by atoms with Crippen LogP contribution in [0.1, 0.15) is 69.2 Å². The fourth-order valence-corrected chi connectivity index (χ4v) is 7.03. The number of unbranched alkanes of at least 4 members (excludes halogenated alkanes) is 1. The Morgan fingerprint density at radius 1 is 1.08 bits per heavy atom. The van der Waals surface area contributed by atoms with Crippen molar-refractivity contribution in [1.82, 2.24) is 29.4 Å². The van der Waals surface area contributed by atoms with E-state index in [-0.39, 0.29) is 70.5 Å². The van der Waals surface area contributed by atoms with Crippen LogP contribution in [0.25, 0.3) is 5.82 Å². The number of pyridine rings is 2. The SMILES string of the molecule is CC1(C)CC(CCCCOc2ccc(S(=O)(=O)NC(=O)c3ccc(-n4ccc(OCCC5(C(F)(F)F)CC5)n4)nc3Cl)cn2)CN1C(=O)O. The summed E-state index contributed by atoms with van der Waals surface area (Å²) in [5.74, 6) is -0.327. The fourth-order valence-electron chi connectivity index (χ4n) is 5.89. The molecule has 1 atom stereocenters. The summed E-state index contributed by atoms with van der Waals surface area (Å²) in [7, 11) is -4.34. The van der Waals surface area contributed by atoms with Crippen molar-refractivity contribution in [3.63, 3.8) is 0 Å². The number of halogens is 4. The van der Waals surface area contributed by atoms with Crippen molar-refractivity contribution < 1.29 is 45.8 Å². The fraction of sp³-hybridized carbons (Fsp3) is 0.516. The molecule has 2 N–H and O–H groups in total. The number of hydrogen-bond donors (Lipinski definition) is 2. The molecular formula is C31H36ClF3N6O7S. The van der Waals surface area contributed by atoms with Gasteiger partial charge in [0.25, 0.3) is 15.9 Å². The number of ether oxygens (including phenoxy) is 2. The normalized spacial score (nSPS) is 18.2. The first-order chi connectivity index (χ1) is 23.0. The zero-order valence-electron chi connectivity index (χ0n) is 26.7. The third kappa shape index (κ3) is 8.55. The van der Waals surface area contributed by atoms with E-state index in [9.17, 15) is 36.3 Å². The Morgan fingerprint density at radius 2 is 1.82 bits per heavy atom. The molecule has 1 unspecified atom stereocenters. The van der Waals surface area contributed by atoms with Gasteiger partial charge in [-0.15, -0.1) is 5.10 Å². The van der Waals surface area contributed by atoms with Gasteiger partial charge in [0, 0.05) is 30.4 Å². The molecule has 3 aromatic rings. The predicted molar refractivity (Wildman–Crippen MR) is 169 cm³/mol. The number of nitrogens with zero attached hydrogens (tertiary/aromatic N) is 5. The number of hydrogen-bond acceptors (Lipinski definition) is 9. The van der Waals surface area contributed by atoms with Crippen LogP contribution in [0, 0.1) is 11.3 Å².